The molecule has 2 aliphatic rings. The number of hydrogen-bond donors (Lipinski definition) is 2. The lowest BCUT2D eigenvalue weighted by atomic mass is 9.90. The molecule has 174 valence electrons. The lowest BCUT2D eigenvalue weighted by Crippen LogP contribution is -2.46. The fourth-order valence-electron chi connectivity index (χ4n) is 5.11. The first-order valence-corrected chi connectivity index (χ1v) is 11.9. The third-order valence-electron chi connectivity index (χ3n) is 6.78. The standard InChI is InChI=1S/C27H34N4O2/c1-19(2)17-27(3)25(33)31(26(28)29-27)18-20-13-15-30(16-14-20)24(32)23-11-9-22(10-12-23)21-7-5-4-6-8-21/h4-12,19-20H,13-18H2,1-3H3,(H2,28,29). The lowest BCUT2D eigenvalue weighted by Gasteiger charge is -2.34. The highest BCUT2D eigenvalue weighted by atomic mass is 16.2. The number of nitrogens with zero attached hydrogens (tertiary/aromatic N) is 2. The summed E-state index contributed by atoms with van der Waals surface area (Å²) in [5, 5.41) is 11.4. The Morgan fingerprint density at radius 1 is 1.06 bits per heavy atom. The molecule has 0 bridgehead atoms. The van der Waals surface area contributed by atoms with Crippen LogP contribution < -0.4 is 5.32 Å². The molecule has 0 saturated carbocycles. The van der Waals surface area contributed by atoms with Gasteiger partial charge < -0.3 is 10.2 Å². The smallest absolute Gasteiger partial charge is 0.254 e. The first kappa shape index (κ1) is 23.0. The molecule has 33 heavy (non-hydrogen) atoms. The molecule has 2 N–H and O–H groups in total. The maximum Gasteiger partial charge on any atom is 0.254 e. The number of piperidine rings is 1. The third kappa shape index (κ3) is 4.95. The van der Waals surface area contributed by atoms with E-state index in [0.29, 0.717) is 43.5 Å². The Morgan fingerprint density at radius 3 is 2.27 bits per heavy atom. The van der Waals surface area contributed by atoms with Crippen LogP contribution in [0.25, 0.3) is 11.1 Å². The molecule has 0 aromatic heterocycles. The molecule has 2 aliphatic heterocycles. The second-order valence-electron chi connectivity index (χ2n) is 10.00. The average Bonchev–Trinajstić information content (AvgIpc) is 3.02. The number of amides is 2. The first-order valence-electron chi connectivity index (χ1n) is 11.9. The van der Waals surface area contributed by atoms with Crippen LogP contribution in [0.15, 0.2) is 54.6 Å². The van der Waals surface area contributed by atoms with Crippen molar-refractivity contribution in [2.45, 2.75) is 45.6 Å². The zero-order valence-corrected chi connectivity index (χ0v) is 19.8. The van der Waals surface area contributed by atoms with Gasteiger partial charge >= 0.3 is 0 Å². The van der Waals surface area contributed by atoms with Crippen molar-refractivity contribution in [1.82, 2.24) is 15.1 Å². The highest BCUT2D eigenvalue weighted by Gasteiger charge is 2.46. The summed E-state index contributed by atoms with van der Waals surface area (Å²) in [5.74, 6) is 0.930. The molecule has 0 aliphatic carbocycles. The number of guanidine groups is 1. The summed E-state index contributed by atoms with van der Waals surface area (Å²) in [5.41, 5.74) is 2.26. The molecule has 4 rings (SSSR count). The van der Waals surface area contributed by atoms with Gasteiger partial charge in [-0.05, 0) is 61.3 Å². The van der Waals surface area contributed by atoms with Gasteiger partial charge in [-0.3, -0.25) is 19.9 Å². The van der Waals surface area contributed by atoms with Crippen LogP contribution in [0.4, 0.5) is 0 Å². The summed E-state index contributed by atoms with van der Waals surface area (Å²) in [7, 11) is 0. The summed E-state index contributed by atoms with van der Waals surface area (Å²) in [4.78, 5) is 29.5. The van der Waals surface area contributed by atoms with Crippen molar-refractivity contribution in [3.8, 4) is 11.1 Å². The molecule has 2 saturated heterocycles. The van der Waals surface area contributed by atoms with Gasteiger partial charge in [-0.1, -0.05) is 56.3 Å². The van der Waals surface area contributed by atoms with Gasteiger partial charge in [-0.25, -0.2) is 0 Å². The maximum atomic E-state index is 13.0. The van der Waals surface area contributed by atoms with Gasteiger partial charge in [-0.2, -0.15) is 0 Å². The minimum absolute atomic E-state index is 0.00166. The zero-order chi connectivity index (χ0) is 23.6. The molecule has 6 heteroatoms. The monoisotopic (exact) mass is 446 g/mol. The van der Waals surface area contributed by atoms with Gasteiger partial charge in [0.25, 0.3) is 11.8 Å². The molecular formula is C27H34N4O2. The minimum atomic E-state index is -0.687. The van der Waals surface area contributed by atoms with Crippen molar-refractivity contribution < 1.29 is 9.59 Å². The van der Waals surface area contributed by atoms with Gasteiger partial charge in [0.1, 0.15) is 5.54 Å². The molecule has 0 radical (unpaired) electrons. The quantitative estimate of drug-likeness (QED) is 0.691. The van der Waals surface area contributed by atoms with Crippen LogP contribution in [0.3, 0.4) is 0 Å². The lowest BCUT2D eigenvalue weighted by molar-refractivity contribution is -0.131. The van der Waals surface area contributed by atoms with Crippen molar-refractivity contribution in [3.63, 3.8) is 0 Å². The number of rotatable bonds is 6. The average molecular weight is 447 g/mol. The summed E-state index contributed by atoms with van der Waals surface area (Å²) in [6.07, 6.45) is 2.39. The predicted octanol–water partition coefficient (Wildman–Crippen LogP) is 4.38. The van der Waals surface area contributed by atoms with E-state index in [1.54, 1.807) is 4.90 Å². The summed E-state index contributed by atoms with van der Waals surface area (Å²) in [6.45, 7) is 7.98. The van der Waals surface area contributed by atoms with E-state index in [9.17, 15) is 9.59 Å². The Balaban J connectivity index is 1.32. The van der Waals surface area contributed by atoms with Crippen LogP contribution in [0.5, 0.6) is 0 Å². The third-order valence-corrected chi connectivity index (χ3v) is 6.78. The van der Waals surface area contributed by atoms with E-state index < -0.39 is 5.54 Å². The zero-order valence-electron chi connectivity index (χ0n) is 19.8. The second kappa shape index (κ2) is 9.38. The molecule has 6 nitrogen and oxygen atoms in total. The normalized spacial score (nSPS) is 21.6. The van der Waals surface area contributed by atoms with Crippen LogP contribution in [-0.4, -0.2) is 52.7 Å². The van der Waals surface area contributed by atoms with E-state index in [4.69, 9.17) is 5.41 Å². The molecule has 1 unspecified atom stereocenters. The van der Waals surface area contributed by atoms with Crippen LogP contribution in [0, 0.1) is 17.2 Å². The fraction of sp³-hybridized carbons (Fsp3) is 0.444. The Morgan fingerprint density at radius 2 is 1.67 bits per heavy atom. The molecule has 2 amide bonds. The topological polar surface area (TPSA) is 76.5 Å². The van der Waals surface area contributed by atoms with E-state index in [0.717, 1.165) is 24.0 Å². The molecule has 2 heterocycles. The Labute approximate surface area is 196 Å². The van der Waals surface area contributed by atoms with Gasteiger partial charge in [0.05, 0.1) is 0 Å². The number of carbonyl (C=O) groups excluding carboxylic acids is 2. The number of hydrogen-bond acceptors (Lipinski definition) is 3. The molecule has 0 spiro atoms. The van der Waals surface area contributed by atoms with Crippen LogP contribution >= 0.6 is 0 Å². The maximum absolute atomic E-state index is 13.0. The summed E-state index contributed by atoms with van der Waals surface area (Å²) < 4.78 is 0. The van der Waals surface area contributed by atoms with Crippen LogP contribution in [-0.2, 0) is 4.79 Å². The predicted molar refractivity (Wildman–Crippen MR) is 131 cm³/mol. The Kier molecular flexibility index (Phi) is 6.54. The van der Waals surface area contributed by atoms with Gasteiger partial charge in [-0.15, -0.1) is 0 Å². The summed E-state index contributed by atoms with van der Waals surface area (Å²) in [6, 6.07) is 18.0. The minimum Gasteiger partial charge on any atom is -0.342 e. The Bertz CT molecular complexity index is 1010. The van der Waals surface area contributed by atoms with E-state index in [2.05, 4.69) is 31.3 Å². The van der Waals surface area contributed by atoms with E-state index in [1.807, 2.05) is 54.3 Å². The highest BCUT2D eigenvalue weighted by Crippen LogP contribution is 2.28. The molecule has 2 fully saturated rings. The van der Waals surface area contributed by atoms with Crippen molar-refractivity contribution in [2.24, 2.45) is 11.8 Å². The molecular weight excluding hydrogens is 412 g/mol. The largest absolute Gasteiger partial charge is 0.342 e. The van der Waals surface area contributed by atoms with Gasteiger partial charge in [0.15, 0.2) is 5.96 Å². The Hall–Kier alpha value is -3.15. The molecule has 2 aromatic rings. The van der Waals surface area contributed by atoms with E-state index in [-0.39, 0.29) is 17.8 Å². The summed E-state index contributed by atoms with van der Waals surface area (Å²) >= 11 is 0. The van der Waals surface area contributed by atoms with Gasteiger partial charge in [0.2, 0.25) is 0 Å². The fourth-order valence-corrected chi connectivity index (χ4v) is 5.11. The number of benzene rings is 2. The van der Waals surface area contributed by atoms with Gasteiger partial charge in [0, 0.05) is 25.2 Å². The SMILES string of the molecule is CC(C)CC1(C)NC(=N)N(CC2CCN(C(=O)c3ccc(-c4ccccc4)cc3)CC2)C1=O. The van der Waals surface area contributed by atoms with Crippen molar-refractivity contribution >= 4 is 17.8 Å². The van der Waals surface area contributed by atoms with Crippen molar-refractivity contribution in [1.29, 1.82) is 5.41 Å². The number of carbonyl (C=O) groups is 2. The molecule has 1 atom stereocenters. The number of nitrogens with one attached hydrogen (secondary N) is 2. The van der Waals surface area contributed by atoms with Crippen molar-refractivity contribution in [2.75, 3.05) is 19.6 Å². The molecule has 2 aromatic carbocycles. The van der Waals surface area contributed by atoms with E-state index in [1.165, 1.54) is 0 Å². The van der Waals surface area contributed by atoms with Crippen molar-refractivity contribution in [3.05, 3.63) is 60.2 Å². The van der Waals surface area contributed by atoms with Crippen LogP contribution in [0.1, 0.15) is 50.4 Å². The second-order valence-corrected chi connectivity index (χ2v) is 10.00. The number of likely N-dealkylation sites (tertiary alicyclic amines) is 1. The highest BCUT2D eigenvalue weighted by molar-refractivity contribution is 6.07. The first-order chi connectivity index (χ1) is 15.8. The van der Waals surface area contributed by atoms with Crippen LogP contribution in [0.2, 0.25) is 0 Å². The van der Waals surface area contributed by atoms with E-state index >= 15 is 0 Å².